The van der Waals surface area contributed by atoms with Gasteiger partial charge in [-0.3, -0.25) is 18.8 Å². The van der Waals surface area contributed by atoms with Gasteiger partial charge >= 0.3 is 0 Å². The van der Waals surface area contributed by atoms with Crippen LogP contribution >= 0.6 is 0 Å². The quantitative estimate of drug-likeness (QED) is 0.822. The van der Waals surface area contributed by atoms with E-state index in [1.807, 2.05) is 0 Å². The summed E-state index contributed by atoms with van der Waals surface area (Å²) >= 11 is 0. The Kier molecular flexibility index (Phi) is 5.28. The van der Waals surface area contributed by atoms with Crippen molar-refractivity contribution in [3.8, 4) is 5.75 Å². The van der Waals surface area contributed by atoms with E-state index in [4.69, 9.17) is 4.74 Å². The van der Waals surface area contributed by atoms with Gasteiger partial charge in [-0.15, -0.1) is 0 Å². The van der Waals surface area contributed by atoms with Crippen LogP contribution in [0.5, 0.6) is 5.75 Å². The lowest BCUT2D eigenvalue weighted by Crippen LogP contribution is -2.52. The van der Waals surface area contributed by atoms with Crippen LogP contribution in [0.2, 0.25) is 0 Å². The summed E-state index contributed by atoms with van der Waals surface area (Å²) in [6, 6.07) is 12.3. The zero-order valence-electron chi connectivity index (χ0n) is 15.7. The highest BCUT2D eigenvalue weighted by atomic mass is 32.2. The first-order chi connectivity index (χ1) is 13.2. The van der Waals surface area contributed by atoms with Crippen molar-refractivity contribution in [1.82, 2.24) is 0 Å². The topological polar surface area (TPSA) is 96.0 Å². The number of benzene rings is 2. The molecule has 2 amide bonds. The van der Waals surface area contributed by atoms with Crippen LogP contribution in [0.15, 0.2) is 48.5 Å². The minimum absolute atomic E-state index is 0.185. The first kappa shape index (κ1) is 19.7. The molecule has 0 fully saturated rings. The molecule has 0 radical (unpaired) electrons. The first-order valence-electron chi connectivity index (χ1n) is 8.56. The maximum atomic E-state index is 13.2. The molecular weight excluding hydrogens is 382 g/mol. The van der Waals surface area contributed by atoms with Crippen LogP contribution < -0.4 is 19.3 Å². The standard InChI is InChI=1S/C19H21N3O5S/c1-13(22(28(3,25)26)14-7-6-8-15(11-14)27-2)19(24)21-12-18(23)20-16-9-4-5-10-17(16)21/h4-11,13H,12H2,1-3H3,(H,20,23)/t13-/m1/s1. The summed E-state index contributed by atoms with van der Waals surface area (Å²) in [5, 5.41) is 2.71. The molecule has 2 aromatic rings. The second-order valence-corrected chi connectivity index (χ2v) is 8.29. The molecule has 0 saturated heterocycles. The molecule has 0 spiro atoms. The van der Waals surface area contributed by atoms with E-state index >= 15 is 0 Å². The molecule has 1 aliphatic rings. The number of hydrogen-bond donors (Lipinski definition) is 1. The lowest BCUT2D eigenvalue weighted by Gasteiger charge is -2.35. The van der Waals surface area contributed by atoms with Crippen molar-refractivity contribution in [2.24, 2.45) is 0 Å². The predicted molar refractivity (Wildman–Crippen MR) is 107 cm³/mol. The van der Waals surface area contributed by atoms with Gasteiger partial charge < -0.3 is 10.1 Å². The molecule has 0 unspecified atom stereocenters. The summed E-state index contributed by atoms with van der Waals surface area (Å²) in [6.07, 6.45) is 1.03. The normalized spacial score (nSPS) is 14.7. The number of nitrogens with one attached hydrogen (secondary N) is 1. The number of fused-ring (bicyclic) bond motifs is 1. The molecule has 0 bridgehead atoms. The largest absolute Gasteiger partial charge is 0.497 e. The van der Waals surface area contributed by atoms with E-state index in [-0.39, 0.29) is 12.5 Å². The molecule has 9 heteroatoms. The van der Waals surface area contributed by atoms with Crippen molar-refractivity contribution in [2.75, 3.05) is 34.4 Å². The molecule has 2 aromatic carbocycles. The van der Waals surface area contributed by atoms with Gasteiger partial charge in [0.05, 0.1) is 30.4 Å². The summed E-state index contributed by atoms with van der Waals surface area (Å²) in [4.78, 5) is 26.6. The lowest BCUT2D eigenvalue weighted by molar-refractivity contribution is -0.122. The molecule has 3 rings (SSSR count). The Hall–Kier alpha value is -3.07. The number of sulfonamides is 1. The fraction of sp³-hybridized carbons (Fsp3) is 0.263. The number of carbonyl (C=O) groups excluding carboxylic acids is 2. The number of anilines is 3. The van der Waals surface area contributed by atoms with Crippen molar-refractivity contribution >= 4 is 38.9 Å². The maximum Gasteiger partial charge on any atom is 0.251 e. The average Bonchev–Trinajstić information content (AvgIpc) is 2.65. The van der Waals surface area contributed by atoms with Gasteiger partial charge in [0, 0.05) is 6.07 Å². The highest BCUT2D eigenvalue weighted by Gasteiger charge is 2.35. The van der Waals surface area contributed by atoms with Gasteiger partial charge in [0.15, 0.2) is 0 Å². The van der Waals surface area contributed by atoms with E-state index in [1.54, 1.807) is 48.5 Å². The Bertz CT molecular complexity index is 1020. The number of rotatable bonds is 5. The van der Waals surface area contributed by atoms with E-state index in [1.165, 1.54) is 18.9 Å². The van der Waals surface area contributed by atoms with E-state index in [0.717, 1.165) is 10.6 Å². The van der Waals surface area contributed by atoms with Crippen molar-refractivity contribution in [2.45, 2.75) is 13.0 Å². The number of ether oxygens (including phenoxy) is 1. The Balaban J connectivity index is 2.01. The van der Waals surface area contributed by atoms with Crippen LogP contribution in [0.3, 0.4) is 0 Å². The van der Waals surface area contributed by atoms with Gasteiger partial charge in [0.1, 0.15) is 18.3 Å². The SMILES string of the molecule is COc1cccc(N([C@H](C)C(=O)N2CC(=O)Nc3ccccc32)S(C)(=O)=O)c1. The molecule has 1 atom stereocenters. The zero-order chi connectivity index (χ0) is 20.5. The molecule has 1 aliphatic heterocycles. The van der Waals surface area contributed by atoms with Crippen molar-refractivity contribution in [3.63, 3.8) is 0 Å². The van der Waals surface area contributed by atoms with Crippen LogP contribution in [-0.2, 0) is 19.6 Å². The number of carbonyl (C=O) groups is 2. The Morgan fingerprint density at radius 1 is 1.21 bits per heavy atom. The third kappa shape index (κ3) is 3.79. The Morgan fingerprint density at radius 2 is 1.93 bits per heavy atom. The summed E-state index contributed by atoms with van der Waals surface area (Å²) in [6.45, 7) is 1.31. The van der Waals surface area contributed by atoms with E-state index < -0.39 is 22.0 Å². The van der Waals surface area contributed by atoms with Gasteiger partial charge in [-0.2, -0.15) is 0 Å². The minimum atomic E-state index is -3.79. The number of nitrogens with zero attached hydrogens (tertiary/aromatic N) is 2. The van der Waals surface area contributed by atoms with Gasteiger partial charge in [0.25, 0.3) is 5.91 Å². The fourth-order valence-corrected chi connectivity index (χ4v) is 4.37. The van der Waals surface area contributed by atoms with Crippen LogP contribution in [0, 0.1) is 0 Å². The third-order valence-electron chi connectivity index (χ3n) is 4.41. The smallest absolute Gasteiger partial charge is 0.251 e. The van der Waals surface area contributed by atoms with Crippen LogP contribution in [0.25, 0.3) is 0 Å². The number of para-hydroxylation sites is 2. The van der Waals surface area contributed by atoms with Crippen LogP contribution in [-0.4, -0.2) is 46.2 Å². The number of hydrogen-bond acceptors (Lipinski definition) is 5. The monoisotopic (exact) mass is 403 g/mol. The van der Waals surface area contributed by atoms with Crippen molar-refractivity contribution in [1.29, 1.82) is 0 Å². The van der Waals surface area contributed by atoms with Crippen molar-refractivity contribution < 1.29 is 22.7 Å². The van der Waals surface area contributed by atoms with E-state index in [0.29, 0.717) is 22.8 Å². The second-order valence-electron chi connectivity index (χ2n) is 6.43. The third-order valence-corrected chi connectivity index (χ3v) is 5.65. The fourth-order valence-electron chi connectivity index (χ4n) is 3.21. The predicted octanol–water partition coefficient (Wildman–Crippen LogP) is 1.83. The summed E-state index contributed by atoms with van der Waals surface area (Å²) in [5.74, 6) is -0.379. The lowest BCUT2D eigenvalue weighted by atomic mass is 10.1. The highest BCUT2D eigenvalue weighted by molar-refractivity contribution is 7.92. The van der Waals surface area contributed by atoms with Crippen molar-refractivity contribution in [3.05, 3.63) is 48.5 Å². The molecule has 148 valence electrons. The van der Waals surface area contributed by atoms with Gasteiger partial charge in [-0.25, -0.2) is 8.42 Å². The molecule has 1 heterocycles. The van der Waals surface area contributed by atoms with E-state index in [2.05, 4.69) is 5.32 Å². The molecule has 8 nitrogen and oxygen atoms in total. The minimum Gasteiger partial charge on any atom is -0.497 e. The Morgan fingerprint density at radius 3 is 2.61 bits per heavy atom. The van der Waals surface area contributed by atoms with E-state index in [9.17, 15) is 18.0 Å². The van der Waals surface area contributed by atoms with Gasteiger partial charge in [0.2, 0.25) is 15.9 Å². The van der Waals surface area contributed by atoms with Gasteiger partial charge in [-0.05, 0) is 31.2 Å². The molecule has 0 aliphatic carbocycles. The second kappa shape index (κ2) is 7.51. The molecule has 0 aromatic heterocycles. The average molecular weight is 403 g/mol. The molecule has 1 N–H and O–H groups in total. The number of methoxy groups -OCH3 is 1. The highest BCUT2D eigenvalue weighted by Crippen LogP contribution is 2.31. The maximum absolute atomic E-state index is 13.2. The van der Waals surface area contributed by atoms with Crippen LogP contribution in [0.4, 0.5) is 17.1 Å². The van der Waals surface area contributed by atoms with Gasteiger partial charge in [-0.1, -0.05) is 18.2 Å². The number of amides is 2. The summed E-state index contributed by atoms with van der Waals surface area (Å²) in [7, 11) is -2.31. The molecular formula is C19H21N3O5S. The summed E-state index contributed by atoms with van der Waals surface area (Å²) < 4.78 is 31.2. The zero-order valence-corrected chi connectivity index (χ0v) is 16.6. The molecule has 0 saturated carbocycles. The summed E-state index contributed by atoms with van der Waals surface area (Å²) in [5.41, 5.74) is 1.34. The molecule has 28 heavy (non-hydrogen) atoms. The first-order valence-corrected chi connectivity index (χ1v) is 10.4. The Labute approximate surface area is 163 Å². The van der Waals surface area contributed by atoms with Crippen LogP contribution in [0.1, 0.15) is 6.92 Å².